The first-order valence-corrected chi connectivity index (χ1v) is 11.2. The Morgan fingerprint density at radius 2 is 1.69 bits per heavy atom. The lowest BCUT2D eigenvalue weighted by atomic mass is 10.2. The molecule has 182 valence electrons. The molecule has 3 rings (SSSR count). The smallest absolute Gasteiger partial charge is 0.329 e. The minimum atomic E-state index is -0.952. The van der Waals surface area contributed by atoms with Crippen molar-refractivity contribution in [3.63, 3.8) is 0 Å². The summed E-state index contributed by atoms with van der Waals surface area (Å²) in [6, 6.07) is 18.0. The number of hydrazone groups is 1. The zero-order valence-electron chi connectivity index (χ0n) is 19.6. The highest BCUT2D eigenvalue weighted by atomic mass is 35.5. The molecule has 0 aliphatic carbocycles. The second-order valence-corrected chi connectivity index (χ2v) is 7.85. The van der Waals surface area contributed by atoms with Crippen LogP contribution in [0.2, 0.25) is 5.02 Å². The Labute approximate surface area is 208 Å². The zero-order chi connectivity index (χ0) is 25.2. The average Bonchev–Trinajstić information content (AvgIpc) is 2.85. The monoisotopic (exact) mass is 495 g/mol. The second kappa shape index (κ2) is 12.4. The maximum absolute atomic E-state index is 12.2. The van der Waals surface area contributed by atoms with Crippen LogP contribution >= 0.6 is 11.6 Å². The van der Waals surface area contributed by atoms with E-state index in [0.29, 0.717) is 41.0 Å². The summed E-state index contributed by atoms with van der Waals surface area (Å²) in [6.45, 7) is 4.75. The SMILES string of the molecule is CCOc1cc(/C=N/NC(=O)C(=O)Nc2cc(Cl)ccc2OC)ccc1OCc1ccc(C)cc1. The first kappa shape index (κ1) is 25.6. The molecule has 0 aromatic heterocycles. The van der Waals surface area contributed by atoms with Gasteiger partial charge in [0.25, 0.3) is 0 Å². The number of amides is 2. The summed E-state index contributed by atoms with van der Waals surface area (Å²) in [4.78, 5) is 24.3. The molecule has 2 amide bonds. The fraction of sp³-hybridized carbons (Fsp3) is 0.192. The summed E-state index contributed by atoms with van der Waals surface area (Å²) < 4.78 is 16.8. The number of nitrogens with zero attached hydrogens (tertiary/aromatic N) is 1. The lowest BCUT2D eigenvalue weighted by molar-refractivity contribution is -0.136. The van der Waals surface area contributed by atoms with Crippen LogP contribution in [-0.4, -0.2) is 31.7 Å². The summed E-state index contributed by atoms with van der Waals surface area (Å²) in [5.74, 6) is -0.375. The van der Waals surface area contributed by atoms with Gasteiger partial charge in [0.1, 0.15) is 12.4 Å². The maximum atomic E-state index is 12.2. The molecule has 0 atom stereocenters. The Hall–Kier alpha value is -4.04. The lowest BCUT2D eigenvalue weighted by Crippen LogP contribution is -2.32. The van der Waals surface area contributed by atoms with Gasteiger partial charge >= 0.3 is 11.8 Å². The van der Waals surface area contributed by atoms with E-state index in [0.717, 1.165) is 5.56 Å². The topological polar surface area (TPSA) is 98.2 Å². The van der Waals surface area contributed by atoms with E-state index in [2.05, 4.69) is 15.8 Å². The fourth-order valence-electron chi connectivity index (χ4n) is 3.01. The summed E-state index contributed by atoms with van der Waals surface area (Å²) in [5, 5.41) is 6.69. The third kappa shape index (κ3) is 7.48. The van der Waals surface area contributed by atoms with Crippen molar-refractivity contribution in [2.45, 2.75) is 20.5 Å². The molecule has 2 N–H and O–H groups in total. The normalized spacial score (nSPS) is 10.6. The Morgan fingerprint density at radius 3 is 2.40 bits per heavy atom. The molecular formula is C26H26ClN3O5. The number of aryl methyl sites for hydroxylation is 1. The van der Waals surface area contributed by atoms with Crippen LogP contribution in [0.1, 0.15) is 23.6 Å². The van der Waals surface area contributed by atoms with Crippen LogP contribution in [0.25, 0.3) is 0 Å². The summed E-state index contributed by atoms with van der Waals surface area (Å²) >= 11 is 5.94. The number of nitrogens with one attached hydrogen (secondary N) is 2. The zero-order valence-corrected chi connectivity index (χ0v) is 20.4. The van der Waals surface area contributed by atoms with E-state index >= 15 is 0 Å². The van der Waals surface area contributed by atoms with E-state index in [1.807, 2.05) is 38.1 Å². The van der Waals surface area contributed by atoms with Crippen LogP contribution in [-0.2, 0) is 16.2 Å². The lowest BCUT2D eigenvalue weighted by Gasteiger charge is -2.13. The van der Waals surface area contributed by atoms with Gasteiger partial charge in [-0.3, -0.25) is 9.59 Å². The van der Waals surface area contributed by atoms with Gasteiger partial charge in [0.05, 0.1) is 25.6 Å². The molecule has 3 aromatic carbocycles. The molecule has 0 radical (unpaired) electrons. The Bertz CT molecular complexity index is 1210. The predicted octanol–water partition coefficient (Wildman–Crippen LogP) is 4.72. The van der Waals surface area contributed by atoms with Gasteiger partial charge in [-0.05, 0) is 61.4 Å². The van der Waals surface area contributed by atoms with Gasteiger partial charge in [-0.2, -0.15) is 5.10 Å². The van der Waals surface area contributed by atoms with Gasteiger partial charge < -0.3 is 19.5 Å². The second-order valence-electron chi connectivity index (χ2n) is 7.41. The van der Waals surface area contributed by atoms with Crippen LogP contribution in [0, 0.1) is 6.92 Å². The van der Waals surface area contributed by atoms with Crippen molar-refractivity contribution in [2.24, 2.45) is 5.10 Å². The van der Waals surface area contributed by atoms with Crippen LogP contribution in [0.3, 0.4) is 0 Å². The molecule has 9 heteroatoms. The first-order valence-electron chi connectivity index (χ1n) is 10.8. The minimum Gasteiger partial charge on any atom is -0.495 e. The van der Waals surface area contributed by atoms with E-state index in [-0.39, 0.29) is 5.69 Å². The number of hydrogen-bond acceptors (Lipinski definition) is 6. The third-order valence-electron chi connectivity index (χ3n) is 4.78. The molecule has 0 fully saturated rings. The van der Waals surface area contributed by atoms with E-state index in [9.17, 15) is 9.59 Å². The molecule has 0 aliphatic rings. The molecular weight excluding hydrogens is 470 g/mol. The Morgan fingerprint density at radius 1 is 0.943 bits per heavy atom. The van der Waals surface area contributed by atoms with Crippen LogP contribution in [0.15, 0.2) is 65.8 Å². The fourth-order valence-corrected chi connectivity index (χ4v) is 3.18. The number of benzene rings is 3. The van der Waals surface area contributed by atoms with Crippen LogP contribution in [0.4, 0.5) is 5.69 Å². The van der Waals surface area contributed by atoms with Crippen molar-refractivity contribution < 1.29 is 23.8 Å². The van der Waals surface area contributed by atoms with Crippen molar-refractivity contribution in [2.75, 3.05) is 19.0 Å². The molecule has 0 bridgehead atoms. The number of carbonyl (C=O) groups is 2. The van der Waals surface area contributed by atoms with Gasteiger partial charge in [-0.25, -0.2) is 5.43 Å². The first-order chi connectivity index (χ1) is 16.9. The van der Waals surface area contributed by atoms with Gasteiger partial charge in [0.15, 0.2) is 11.5 Å². The van der Waals surface area contributed by atoms with E-state index < -0.39 is 11.8 Å². The van der Waals surface area contributed by atoms with Gasteiger partial charge in [0.2, 0.25) is 0 Å². The van der Waals surface area contributed by atoms with Gasteiger partial charge in [-0.15, -0.1) is 0 Å². The van der Waals surface area contributed by atoms with Crippen LogP contribution in [0.5, 0.6) is 17.2 Å². The Balaban J connectivity index is 1.61. The highest BCUT2D eigenvalue weighted by Gasteiger charge is 2.15. The summed E-state index contributed by atoms with van der Waals surface area (Å²) in [5.41, 5.74) is 5.33. The molecule has 0 aliphatic heterocycles. The summed E-state index contributed by atoms with van der Waals surface area (Å²) in [7, 11) is 1.44. The van der Waals surface area contributed by atoms with Crippen molar-refractivity contribution >= 4 is 35.3 Å². The molecule has 0 unspecified atom stereocenters. The van der Waals surface area contributed by atoms with E-state index in [4.69, 9.17) is 25.8 Å². The van der Waals surface area contributed by atoms with E-state index in [1.165, 1.54) is 25.0 Å². The largest absolute Gasteiger partial charge is 0.495 e. The quantitative estimate of drug-likeness (QED) is 0.254. The third-order valence-corrected chi connectivity index (χ3v) is 5.01. The molecule has 35 heavy (non-hydrogen) atoms. The number of carbonyl (C=O) groups excluding carboxylic acids is 2. The predicted molar refractivity (Wildman–Crippen MR) is 135 cm³/mol. The van der Waals surface area contributed by atoms with Crippen molar-refractivity contribution in [1.82, 2.24) is 5.43 Å². The summed E-state index contributed by atoms with van der Waals surface area (Å²) in [6.07, 6.45) is 1.40. The maximum Gasteiger partial charge on any atom is 0.329 e. The molecule has 0 spiro atoms. The van der Waals surface area contributed by atoms with Crippen molar-refractivity contribution in [3.8, 4) is 17.2 Å². The number of methoxy groups -OCH3 is 1. The number of rotatable bonds is 9. The number of hydrogen-bond donors (Lipinski definition) is 2. The average molecular weight is 496 g/mol. The minimum absolute atomic E-state index is 0.270. The highest BCUT2D eigenvalue weighted by Crippen LogP contribution is 2.29. The van der Waals surface area contributed by atoms with Crippen LogP contribution < -0.4 is 25.0 Å². The molecule has 8 nitrogen and oxygen atoms in total. The molecule has 0 heterocycles. The molecule has 0 saturated heterocycles. The number of halogens is 1. The Kier molecular flexibility index (Phi) is 9.09. The van der Waals surface area contributed by atoms with E-state index in [1.54, 1.807) is 30.3 Å². The number of anilines is 1. The van der Waals surface area contributed by atoms with Gasteiger partial charge in [0, 0.05) is 5.02 Å². The standard InChI is InChI=1S/C26H26ClN3O5/c1-4-34-24-13-19(9-11-23(24)35-16-18-7-5-17(2)6-8-18)15-28-30-26(32)25(31)29-21-14-20(27)10-12-22(21)33-3/h5-15H,4,16H2,1-3H3,(H,29,31)(H,30,32)/b28-15+. The van der Waals surface area contributed by atoms with Crippen molar-refractivity contribution in [3.05, 3.63) is 82.4 Å². The highest BCUT2D eigenvalue weighted by molar-refractivity contribution is 6.40. The molecule has 3 aromatic rings. The van der Waals surface area contributed by atoms with Crippen molar-refractivity contribution in [1.29, 1.82) is 0 Å². The van der Waals surface area contributed by atoms with Gasteiger partial charge in [-0.1, -0.05) is 41.4 Å². The number of ether oxygens (including phenoxy) is 3. The molecule has 0 saturated carbocycles.